The molecule has 1 aromatic carbocycles. The number of nitrogens with zero attached hydrogens (tertiary/aromatic N) is 5. The summed E-state index contributed by atoms with van der Waals surface area (Å²) in [5.74, 6) is -6.12. The molecule has 16 nitrogen and oxygen atoms in total. The second-order valence-corrected chi connectivity index (χ2v) is 8.53. The van der Waals surface area contributed by atoms with Gasteiger partial charge in [-0.3, -0.25) is 24.0 Å². The maximum Gasteiger partial charge on any atom is 0.303 e. The minimum Gasteiger partial charge on any atom is -0.462 e. The summed E-state index contributed by atoms with van der Waals surface area (Å²) < 4.78 is 64.4. The van der Waals surface area contributed by atoms with E-state index in [4.69, 9.17) is 30.5 Å². The van der Waals surface area contributed by atoms with Crippen molar-refractivity contribution >= 4 is 64.1 Å². The first kappa shape index (κ1) is 25.6. The predicted molar refractivity (Wildman–Crippen MR) is 149 cm³/mol. The van der Waals surface area contributed by atoms with Crippen molar-refractivity contribution in [1.82, 2.24) is 19.7 Å². The molecule has 3 aromatic rings. The fraction of sp³-hybridized carbons (Fsp3) is 0.444. The molecule has 230 valence electrons. The molecular formula is C27H32N6O10. The number of aryl methyl sites for hydroxylation is 1. The van der Waals surface area contributed by atoms with Gasteiger partial charge in [-0.15, -0.1) is 10.2 Å². The van der Waals surface area contributed by atoms with Gasteiger partial charge in [0.15, 0.2) is 30.1 Å². The van der Waals surface area contributed by atoms with E-state index in [9.17, 15) is 24.0 Å². The van der Waals surface area contributed by atoms with Crippen molar-refractivity contribution in [3.63, 3.8) is 0 Å². The molecule has 0 aliphatic carbocycles. The van der Waals surface area contributed by atoms with Gasteiger partial charge in [0.1, 0.15) is 12.1 Å². The largest absolute Gasteiger partial charge is 0.462 e. The number of hydrogen-bond acceptors (Lipinski definition) is 15. The molecule has 43 heavy (non-hydrogen) atoms. The molecule has 0 aliphatic rings. The summed E-state index contributed by atoms with van der Waals surface area (Å²) in [7, 11) is 0. The summed E-state index contributed by atoms with van der Waals surface area (Å²) in [4.78, 5) is 65.4. The van der Waals surface area contributed by atoms with Crippen LogP contribution in [0.3, 0.4) is 0 Å². The fourth-order valence-corrected chi connectivity index (χ4v) is 4.09. The number of nitrogens with one attached hydrogen (secondary N) is 1. The lowest BCUT2D eigenvalue weighted by molar-refractivity contribution is -0.197. The lowest BCUT2D eigenvalue weighted by atomic mass is 10.0. The summed E-state index contributed by atoms with van der Waals surface area (Å²) in [6.45, 7) is -3.15. The molecular weight excluding hydrogens is 568 g/mol. The van der Waals surface area contributed by atoms with Gasteiger partial charge in [0.25, 0.3) is 5.95 Å². The first-order valence-corrected chi connectivity index (χ1v) is 12.4. The molecule has 1 N–H and O–H groups in total. The number of para-hydroxylation sites is 1. The van der Waals surface area contributed by atoms with Gasteiger partial charge in [-0.25, -0.2) is 5.43 Å². The molecule has 3 rings (SSSR count). The minimum absolute atomic E-state index is 0.122. The lowest BCUT2D eigenvalue weighted by Gasteiger charge is -2.34. The molecule has 0 amide bonds. The first-order chi connectivity index (χ1) is 23.1. The second kappa shape index (κ2) is 14.7. The molecule has 0 bridgehead atoms. The van der Waals surface area contributed by atoms with Gasteiger partial charge in [-0.05, 0) is 13.0 Å². The zero-order valence-electron chi connectivity index (χ0n) is 28.0. The Morgan fingerprint density at radius 1 is 0.907 bits per heavy atom. The van der Waals surface area contributed by atoms with Crippen LogP contribution in [0.15, 0.2) is 29.4 Å². The molecule has 0 saturated heterocycles. The number of anilines is 1. The van der Waals surface area contributed by atoms with Gasteiger partial charge < -0.3 is 28.3 Å². The highest BCUT2D eigenvalue weighted by Gasteiger charge is 2.43. The van der Waals surface area contributed by atoms with Crippen molar-refractivity contribution in [3.8, 4) is 0 Å². The average molecular weight is 606 g/mol. The highest BCUT2D eigenvalue weighted by molar-refractivity contribution is 6.04. The Balaban J connectivity index is 2.07. The van der Waals surface area contributed by atoms with E-state index in [-0.39, 0.29) is 5.95 Å². The van der Waals surface area contributed by atoms with Crippen molar-refractivity contribution < 1.29 is 54.5 Å². The van der Waals surface area contributed by atoms with E-state index in [1.807, 2.05) is 35.8 Å². The Morgan fingerprint density at radius 2 is 1.56 bits per heavy atom. The summed E-state index contributed by atoms with van der Waals surface area (Å²) in [6, 6.07) is 7.46. The van der Waals surface area contributed by atoms with Crippen LogP contribution >= 0.6 is 0 Å². The molecule has 4 atom stereocenters. The van der Waals surface area contributed by atoms with E-state index in [0.717, 1.165) is 17.1 Å². The van der Waals surface area contributed by atoms with E-state index < -0.39 is 95.4 Å². The first-order valence-electron chi connectivity index (χ1n) is 15.9. The van der Waals surface area contributed by atoms with Crippen molar-refractivity contribution in [2.75, 3.05) is 12.0 Å². The number of hydrazone groups is 1. The summed E-state index contributed by atoms with van der Waals surface area (Å²) in [5, 5.41) is 13.0. The van der Waals surface area contributed by atoms with Gasteiger partial charge in [0.05, 0.1) is 11.7 Å². The monoisotopic (exact) mass is 605 g/mol. The summed E-state index contributed by atoms with van der Waals surface area (Å²) >= 11 is 0. The van der Waals surface area contributed by atoms with E-state index >= 15 is 0 Å². The Hall–Kier alpha value is -5.15. The van der Waals surface area contributed by atoms with Crippen molar-refractivity contribution in [3.05, 3.63) is 24.3 Å². The Bertz CT molecular complexity index is 1640. The van der Waals surface area contributed by atoms with Gasteiger partial charge >= 0.3 is 29.8 Å². The van der Waals surface area contributed by atoms with Crippen LogP contribution in [0.25, 0.3) is 22.1 Å². The van der Waals surface area contributed by atoms with E-state index in [1.54, 1.807) is 0 Å². The van der Waals surface area contributed by atoms with Crippen LogP contribution in [-0.2, 0) is 54.2 Å². The highest BCUT2D eigenvalue weighted by atomic mass is 16.6. The standard InChI is InChI=1S/C27H32N6O10/c1-7-33-20-11-9-8-10-19(20)23-26(33)29-27(32-30-23)31-28-12-21(40-15(3)35)24(42-17(5)37)25(43-18(6)38)22(41-16(4)36)13-39-14(2)34/h8-12,21-22,24-25H,7,13H2,1-6H3,(H,29,31,32)/t21-,22+,24+,25+/m0/s1/i2D,3D,4D,5D,6D. The van der Waals surface area contributed by atoms with E-state index in [2.05, 4.69) is 25.7 Å². The van der Waals surface area contributed by atoms with Gasteiger partial charge in [-0.1, -0.05) is 18.2 Å². The van der Waals surface area contributed by atoms with Crippen LogP contribution in [0.4, 0.5) is 5.95 Å². The molecule has 0 aliphatic heterocycles. The number of ether oxygens (including phenoxy) is 5. The number of benzene rings is 1. The van der Waals surface area contributed by atoms with Gasteiger partial charge in [0.2, 0.25) is 0 Å². The SMILES string of the molecule is [2H]CC(=O)OC[C@@H](OC(=O)C[2H])[C@@H](OC(=O)C[2H])[C@H](OC(=O)C[2H])[C@H](C=NNc1nnc2c3ccccc3n(CC)c2n1)OC(=O)C[2H]. The molecule has 2 aromatic heterocycles. The molecule has 0 fully saturated rings. The number of carbonyl (C=O) groups excluding carboxylic acids is 5. The normalized spacial score (nSPS) is 15.5. The van der Waals surface area contributed by atoms with Gasteiger partial charge in [-0.2, -0.15) is 10.1 Å². The van der Waals surface area contributed by atoms with Gasteiger partial charge in [0, 0.05) is 53.3 Å². The number of hydrogen-bond donors (Lipinski definition) is 1. The summed E-state index contributed by atoms with van der Waals surface area (Å²) in [6.07, 6.45) is -6.85. The van der Waals surface area contributed by atoms with Crippen molar-refractivity contribution in [2.24, 2.45) is 5.10 Å². The molecule has 0 saturated carbocycles. The molecule has 0 unspecified atom stereocenters. The van der Waals surface area contributed by atoms with Crippen LogP contribution in [0.1, 0.15) is 48.3 Å². The van der Waals surface area contributed by atoms with Crippen molar-refractivity contribution in [2.45, 2.75) is 72.4 Å². The quantitative estimate of drug-likeness (QED) is 0.128. The van der Waals surface area contributed by atoms with Crippen LogP contribution in [0.2, 0.25) is 0 Å². The number of aromatic nitrogens is 4. The zero-order valence-corrected chi connectivity index (χ0v) is 23.0. The Morgan fingerprint density at radius 3 is 2.26 bits per heavy atom. The van der Waals surface area contributed by atoms with Crippen LogP contribution in [0.5, 0.6) is 0 Å². The fourth-order valence-electron chi connectivity index (χ4n) is 4.09. The molecule has 0 radical (unpaired) electrons. The number of esters is 5. The number of rotatable bonds is 13. The second-order valence-electron chi connectivity index (χ2n) is 8.53. The molecule has 0 spiro atoms. The Labute approximate surface area is 252 Å². The van der Waals surface area contributed by atoms with Crippen LogP contribution < -0.4 is 5.43 Å². The van der Waals surface area contributed by atoms with E-state index in [1.165, 1.54) is 0 Å². The smallest absolute Gasteiger partial charge is 0.303 e. The zero-order chi connectivity index (χ0) is 35.2. The predicted octanol–water partition coefficient (Wildman–Crippen LogP) is 1.69. The third kappa shape index (κ3) is 8.67. The number of fused-ring (bicyclic) bond motifs is 3. The maximum absolute atomic E-state index is 12.4. The maximum atomic E-state index is 12.4. The lowest BCUT2D eigenvalue weighted by Crippen LogP contribution is -2.53. The molecule has 16 heteroatoms. The average Bonchev–Trinajstić information content (AvgIpc) is 3.43. The topological polar surface area (TPSA) is 199 Å². The van der Waals surface area contributed by atoms with Crippen molar-refractivity contribution in [1.29, 1.82) is 0 Å². The molecule has 2 heterocycles. The number of carbonyl (C=O) groups is 5. The third-order valence-electron chi connectivity index (χ3n) is 5.58. The third-order valence-corrected chi connectivity index (χ3v) is 5.58. The summed E-state index contributed by atoms with van der Waals surface area (Å²) in [5.41, 5.74) is 4.35. The van der Waals surface area contributed by atoms with Crippen LogP contribution in [-0.4, -0.2) is 86.8 Å². The van der Waals surface area contributed by atoms with E-state index in [0.29, 0.717) is 17.7 Å². The minimum atomic E-state index is -2.00. The Kier molecular flexibility index (Phi) is 8.71. The van der Waals surface area contributed by atoms with Crippen LogP contribution in [0, 0.1) is 0 Å². The highest BCUT2D eigenvalue weighted by Crippen LogP contribution is 2.26.